The van der Waals surface area contributed by atoms with Gasteiger partial charge in [-0.2, -0.15) is 0 Å². The molecule has 2 heteroatoms. The Labute approximate surface area is 154 Å². The van der Waals surface area contributed by atoms with Gasteiger partial charge >= 0.3 is 0 Å². The van der Waals surface area contributed by atoms with Crippen LogP contribution in [-0.2, 0) is 12.8 Å². The molecule has 0 bridgehead atoms. The Morgan fingerprint density at radius 2 is 1.27 bits per heavy atom. The molecule has 0 aliphatic heterocycles. The molecule has 0 saturated carbocycles. The zero-order valence-electron chi connectivity index (χ0n) is 15.2. The van der Waals surface area contributed by atoms with Crippen LogP contribution in [0.3, 0.4) is 0 Å². The summed E-state index contributed by atoms with van der Waals surface area (Å²) < 4.78 is 0. The average Bonchev–Trinajstić information content (AvgIpc) is 2.73. The fourth-order valence-corrected chi connectivity index (χ4v) is 3.04. The number of benzene rings is 3. The molecule has 0 atom stereocenters. The molecule has 26 heavy (non-hydrogen) atoms. The molecule has 3 aromatic carbocycles. The highest BCUT2D eigenvalue weighted by Gasteiger charge is 2.17. The number of hydrogen-bond acceptors (Lipinski definition) is 2. The van der Waals surface area contributed by atoms with Gasteiger partial charge in [0.25, 0.3) is 0 Å². The van der Waals surface area contributed by atoms with Gasteiger partial charge in [-0.05, 0) is 30.0 Å². The molecule has 2 nitrogen and oxygen atoms in total. The lowest BCUT2D eigenvalue weighted by Gasteiger charge is -2.10. The molecule has 0 aliphatic rings. The fraction of sp³-hybridized carbons (Fsp3) is 0.167. The molecular weight excluding hydrogens is 320 g/mol. The maximum absolute atomic E-state index is 13.0. The molecule has 0 aliphatic carbocycles. The summed E-state index contributed by atoms with van der Waals surface area (Å²) in [6.07, 6.45) is 1.68. The number of carbonyl (C=O) groups excluding carboxylic acids is 2. The summed E-state index contributed by atoms with van der Waals surface area (Å²) in [7, 11) is 0. The molecular formula is C24H22O2. The Morgan fingerprint density at radius 3 is 1.88 bits per heavy atom. The van der Waals surface area contributed by atoms with Crippen molar-refractivity contribution in [2.75, 3.05) is 0 Å². The quantitative estimate of drug-likeness (QED) is 0.572. The van der Waals surface area contributed by atoms with Gasteiger partial charge < -0.3 is 0 Å². The lowest BCUT2D eigenvalue weighted by molar-refractivity contribution is 0.103. The second kappa shape index (κ2) is 7.92. The third-order valence-corrected chi connectivity index (χ3v) is 4.66. The fourth-order valence-electron chi connectivity index (χ4n) is 3.04. The number of ketones is 2. The molecule has 0 spiro atoms. The molecule has 0 unspecified atom stereocenters. The molecule has 0 aromatic heterocycles. The van der Waals surface area contributed by atoms with Gasteiger partial charge in [0.05, 0.1) is 0 Å². The van der Waals surface area contributed by atoms with Gasteiger partial charge in [-0.25, -0.2) is 0 Å². The van der Waals surface area contributed by atoms with Crippen LogP contribution in [0, 0.1) is 0 Å². The first kappa shape index (κ1) is 17.8. The first-order chi connectivity index (χ1) is 12.6. The molecule has 3 aromatic rings. The highest BCUT2D eigenvalue weighted by atomic mass is 16.1. The number of aryl methyl sites for hydroxylation is 2. The van der Waals surface area contributed by atoms with E-state index >= 15 is 0 Å². The zero-order chi connectivity index (χ0) is 18.5. The van der Waals surface area contributed by atoms with Crippen LogP contribution >= 0.6 is 0 Å². The first-order valence-corrected chi connectivity index (χ1v) is 9.00. The largest absolute Gasteiger partial charge is 0.289 e. The van der Waals surface area contributed by atoms with Gasteiger partial charge in [0.2, 0.25) is 0 Å². The van der Waals surface area contributed by atoms with E-state index in [0.29, 0.717) is 22.3 Å². The first-order valence-electron chi connectivity index (χ1n) is 9.00. The highest BCUT2D eigenvalue weighted by Crippen LogP contribution is 2.20. The van der Waals surface area contributed by atoms with E-state index < -0.39 is 0 Å². The Morgan fingerprint density at radius 1 is 0.654 bits per heavy atom. The normalized spacial score (nSPS) is 10.5. The summed E-state index contributed by atoms with van der Waals surface area (Å²) in [5.41, 5.74) is 4.59. The van der Waals surface area contributed by atoms with Crippen molar-refractivity contribution >= 4 is 11.6 Å². The van der Waals surface area contributed by atoms with Gasteiger partial charge in [0, 0.05) is 22.3 Å². The predicted octanol–water partition coefficient (Wildman–Crippen LogP) is 5.27. The van der Waals surface area contributed by atoms with Crippen LogP contribution in [0.4, 0.5) is 0 Å². The van der Waals surface area contributed by atoms with Crippen LogP contribution in [0.2, 0.25) is 0 Å². The SMILES string of the molecule is CCc1ccc(C(=O)c2cc(C(=O)c3ccccc3)ccc2CC)cc1. The zero-order valence-corrected chi connectivity index (χ0v) is 15.2. The Balaban J connectivity index is 1.99. The van der Waals surface area contributed by atoms with Crippen LogP contribution in [0.15, 0.2) is 72.8 Å². The molecule has 0 amide bonds. The van der Waals surface area contributed by atoms with Crippen molar-refractivity contribution in [2.45, 2.75) is 26.7 Å². The Kier molecular flexibility index (Phi) is 5.43. The third-order valence-electron chi connectivity index (χ3n) is 4.66. The molecule has 130 valence electrons. The van der Waals surface area contributed by atoms with Crippen molar-refractivity contribution in [3.8, 4) is 0 Å². The van der Waals surface area contributed by atoms with Crippen LogP contribution in [-0.4, -0.2) is 11.6 Å². The van der Waals surface area contributed by atoms with E-state index in [1.165, 1.54) is 5.56 Å². The Bertz CT molecular complexity index is 922. The molecule has 0 N–H and O–H groups in total. The predicted molar refractivity (Wildman–Crippen MR) is 105 cm³/mol. The topological polar surface area (TPSA) is 34.1 Å². The molecule has 0 saturated heterocycles. The highest BCUT2D eigenvalue weighted by molar-refractivity contribution is 6.13. The summed E-state index contributed by atoms with van der Waals surface area (Å²) in [6.45, 7) is 4.11. The molecule has 0 heterocycles. The van der Waals surface area contributed by atoms with Crippen LogP contribution in [0.25, 0.3) is 0 Å². The maximum atomic E-state index is 13.0. The standard InChI is InChI=1S/C24H22O2/c1-3-17-10-12-20(13-11-17)24(26)22-16-21(15-14-18(22)4-2)23(25)19-8-6-5-7-9-19/h5-16H,3-4H2,1-2H3. The van der Waals surface area contributed by atoms with E-state index in [9.17, 15) is 9.59 Å². The van der Waals surface area contributed by atoms with Crippen molar-refractivity contribution in [3.63, 3.8) is 0 Å². The van der Waals surface area contributed by atoms with E-state index in [-0.39, 0.29) is 11.6 Å². The number of hydrogen-bond donors (Lipinski definition) is 0. The van der Waals surface area contributed by atoms with Crippen molar-refractivity contribution < 1.29 is 9.59 Å². The summed E-state index contributed by atoms with van der Waals surface area (Å²) in [6, 6.07) is 22.3. The van der Waals surface area contributed by atoms with Crippen LogP contribution in [0.1, 0.15) is 56.8 Å². The van der Waals surface area contributed by atoms with Crippen LogP contribution < -0.4 is 0 Å². The maximum Gasteiger partial charge on any atom is 0.193 e. The van der Waals surface area contributed by atoms with Gasteiger partial charge in [-0.15, -0.1) is 0 Å². The van der Waals surface area contributed by atoms with Crippen LogP contribution in [0.5, 0.6) is 0 Å². The molecule has 0 radical (unpaired) electrons. The van der Waals surface area contributed by atoms with Gasteiger partial charge in [0.1, 0.15) is 0 Å². The lowest BCUT2D eigenvalue weighted by Crippen LogP contribution is -2.09. The minimum atomic E-state index is -0.0661. The minimum Gasteiger partial charge on any atom is -0.289 e. The van der Waals surface area contributed by atoms with Crippen molar-refractivity contribution in [2.24, 2.45) is 0 Å². The van der Waals surface area contributed by atoms with E-state index in [0.717, 1.165) is 18.4 Å². The number of rotatable bonds is 6. The second-order valence-corrected chi connectivity index (χ2v) is 6.30. The molecule has 3 rings (SSSR count). The van der Waals surface area contributed by atoms with Crippen molar-refractivity contribution in [1.82, 2.24) is 0 Å². The monoisotopic (exact) mass is 342 g/mol. The average molecular weight is 342 g/mol. The van der Waals surface area contributed by atoms with E-state index in [4.69, 9.17) is 0 Å². The summed E-state index contributed by atoms with van der Waals surface area (Å²) in [4.78, 5) is 25.8. The third kappa shape index (κ3) is 3.65. The van der Waals surface area contributed by atoms with Gasteiger partial charge in [0.15, 0.2) is 11.6 Å². The van der Waals surface area contributed by atoms with E-state index in [1.54, 1.807) is 18.2 Å². The molecule has 0 fully saturated rings. The minimum absolute atomic E-state index is 0.0350. The summed E-state index contributed by atoms with van der Waals surface area (Å²) >= 11 is 0. The van der Waals surface area contributed by atoms with Gasteiger partial charge in [-0.3, -0.25) is 9.59 Å². The van der Waals surface area contributed by atoms with Crippen molar-refractivity contribution in [1.29, 1.82) is 0 Å². The second-order valence-electron chi connectivity index (χ2n) is 6.30. The Hall–Kier alpha value is -3.00. The summed E-state index contributed by atoms with van der Waals surface area (Å²) in [5.74, 6) is -0.101. The number of carbonyl (C=O) groups is 2. The van der Waals surface area contributed by atoms with Gasteiger partial charge in [-0.1, -0.05) is 80.6 Å². The van der Waals surface area contributed by atoms with E-state index in [1.807, 2.05) is 61.5 Å². The van der Waals surface area contributed by atoms with E-state index in [2.05, 4.69) is 6.92 Å². The van der Waals surface area contributed by atoms with Crippen molar-refractivity contribution in [3.05, 3.63) is 106 Å². The lowest BCUT2D eigenvalue weighted by atomic mass is 9.92. The summed E-state index contributed by atoms with van der Waals surface area (Å²) in [5, 5.41) is 0. The smallest absolute Gasteiger partial charge is 0.193 e.